The molecule has 1 aliphatic rings. The molecule has 0 aliphatic carbocycles. The molecule has 0 saturated carbocycles. The van der Waals surface area contributed by atoms with E-state index in [1.54, 1.807) is 12.0 Å². The first kappa shape index (κ1) is 18.3. The van der Waals surface area contributed by atoms with Gasteiger partial charge in [0.1, 0.15) is 5.75 Å². The molecule has 5 nitrogen and oxygen atoms in total. The summed E-state index contributed by atoms with van der Waals surface area (Å²) < 4.78 is 5.13. The molecule has 0 radical (unpaired) electrons. The second-order valence-electron chi connectivity index (χ2n) is 6.27. The van der Waals surface area contributed by atoms with E-state index in [1.165, 1.54) is 0 Å². The third-order valence-corrected chi connectivity index (χ3v) is 4.76. The fraction of sp³-hybridized carbons (Fsp3) is 0.300. The van der Waals surface area contributed by atoms with Crippen LogP contribution in [0.15, 0.2) is 48.5 Å². The number of rotatable bonds is 6. The summed E-state index contributed by atoms with van der Waals surface area (Å²) in [6, 6.07) is 14.8. The first-order valence-electron chi connectivity index (χ1n) is 8.53. The van der Waals surface area contributed by atoms with Gasteiger partial charge in [0.05, 0.1) is 13.0 Å². The zero-order valence-corrected chi connectivity index (χ0v) is 15.3. The number of nitrogens with zero attached hydrogens (tertiary/aromatic N) is 1. The summed E-state index contributed by atoms with van der Waals surface area (Å²) in [6.07, 6.45) is 0.963. The normalized spacial score (nSPS) is 16.6. The number of benzene rings is 2. The van der Waals surface area contributed by atoms with E-state index in [9.17, 15) is 9.59 Å². The number of carbonyl (C=O) groups is 2. The van der Waals surface area contributed by atoms with Crippen molar-refractivity contribution >= 4 is 29.1 Å². The van der Waals surface area contributed by atoms with Gasteiger partial charge in [0.25, 0.3) is 0 Å². The Morgan fingerprint density at radius 3 is 2.54 bits per heavy atom. The van der Waals surface area contributed by atoms with Crippen molar-refractivity contribution < 1.29 is 14.3 Å². The van der Waals surface area contributed by atoms with Gasteiger partial charge >= 0.3 is 0 Å². The quantitative estimate of drug-likeness (QED) is 0.847. The molecule has 1 aliphatic heterocycles. The molecule has 2 aromatic rings. The maximum Gasteiger partial charge on any atom is 0.227 e. The number of anilines is 1. The summed E-state index contributed by atoms with van der Waals surface area (Å²) in [6.45, 7) is 0.936. The van der Waals surface area contributed by atoms with Gasteiger partial charge in [-0.1, -0.05) is 23.7 Å². The molecule has 3 rings (SSSR count). The Kier molecular flexibility index (Phi) is 5.78. The second kappa shape index (κ2) is 8.23. The SMILES string of the molecule is COc1ccc(N2C[C@@H](C(=O)NCCc3ccc(Cl)cc3)CC2=O)cc1. The van der Waals surface area contributed by atoms with Crippen molar-refractivity contribution in [1.29, 1.82) is 0 Å². The minimum absolute atomic E-state index is 0.0342. The van der Waals surface area contributed by atoms with E-state index in [1.807, 2.05) is 48.5 Å². The number of methoxy groups -OCH3 is 1. The molecule has 26 heavy (non-hydrogen) atoms. The highest BCUT2D eigenvalue weighted by atomic mass is 35.5. The van der Waals surface area contributed by atoms with E-state index in [-0.39, 0.29) is 24.2 Å². The van der Waals surface area contributed by atoms with E-state index in [2.05, 4.69) is 5.32 Å². The molecule has 1 N–H and O–H groups in total. The highest BCUT2D eigenvalue weighted by Gasteiger charge is 2.34. The zero-order chi connectivity index (χ0) is 18.5. The van der Waals surface area contributed by atoms with Gasteiger partial charge in [-0.05, 0) is 48.4 Å². The molecule has 1 fully saturated rings. The largest absolute Gasteiger partial charge is 0.497 e. The molecular formula is C20H21ClN2O3. The first-order chi connectivity index (χ1) is 12.6. The van der Waals surface area contributed by atoms with Crippen LogP contribution in [0.5, 0.6) is 5.75 Å². The smallest absolute Gasteiger partial charge is 0.227 e. The van der Waals surface area contributed by atoms with Crippen LogP contribution in [0, 0.1) is 5.92 Å². The van der Waals surface area contributed by atoms with Gasteiger partial charge in [-0.25, -0.2) is 0 Å². The van der Waals surface area contributed by atoms with Gasteiger partial charge in [-0.3, -0.25) is 9.59 Å². The number of hydrogen-bond acceptors (Lipinski definition) is 3. The molecule has 1 saturated heterocycles. The monoisotopic (exact) mass is 372 g/mol. The maximum absolute atomic E-state index is 12.4. The maximum atomic E-state index is 12.4. The molecule has 2 amide bonds. The van der Waals surface area contributed by atoms with Gasteiger partial charge in [0.15, 0.2) is 0 Å². The summed E-state index contributed by atoms with van der Waals surface area (Å²) in [5, 5.41) is 3.62. The lowest BCUT2D eigenvalue weighted by molar-refractivity contribution is -0.126. The molecule has 1 atom stereocenters. The Balaban J connectivity index is 1.52. The number of ether oxygens (including phenoxy) is 1. The van der Waals surface area contributed by atoms with Crippen LogP contribution in [-0.4, -0.2) is 32.0 Å². The fourth-order valence-corrected chi connectivity index (χ4v) is 3.15. The minimum atomic E-state index is -0.324. The highest BCUT2D eigenvalue weighted by Crippen LogP contribution is 2.26. The number of amides is 2. The summed E-state index contributed by atoms with van der Waals surface area (Å²) in [4.78, 5) is 26.3. The molecule has 1 heterocycles. The van der Waals surface area contributed by atoms with Crippen LogP contribution in [0.4, 0.5) is 5.69 Å². The van der Waals surface area contributed by atoms with E-state index in [0.717, 1.165) is 23.4 Å². The van der Waals surface area contributed by atoms with Gasteiger partial charge in [0.2, 0.25) is 11.8 Å². The van der Waals surface area contributed by atoms with Gasteiger partial charge in [-0.15, -0.1) is 0 Å². The minimum Gasteiger partial charge on any atom is -0.497 e. The first-order valence-corrected chi connectivity index (χ1v) is 8.91. The predicted octanol–water partition coefficient (Wildman–Crippen LogP) is 3.06. The summed E-state index contributed by atoms with van der Waals surface area (Å²) >= 11 is 5.86. The summed E-state index contributed by atoms with van der Waals surface area (Å²) in [5.74, 6) is 0.294. The van der Waals surface area contributed by atoms with Crippen LogP contribution >= 0.6 is 11.6 Å². The van der Waals surface area contributed by atoms with Crippen LogP contribution in [0.3, 0.4) is 0 Å². The van der Waals surface area contributed by atoms with Crippen molar-refractivity contribution in [3.63, 3.8) is 0 Å². The molecule has 0 spiro atoms. The summed E-state index contributed by atoms with van der Waals surface area (Å²) in [5.41, 5.74) is 1.89. The Bertz CT molecular complexity index is 775. The molecule has 136 valence electrons. The van der Waals surface area contributed by atoms with Crippen molar-refractivity contribution in [3.05, 3.63) is 59.1 Å². The standard InChI is InChI=1S/C20H21ClN2O3/c1-26-18-8-6-17(7-9-18)23-13-15(12-19(23)24)20(25)22-11-10-14-2-4-16(21)5-3-14/h2-9,15H,10-13H2,1H3,(H,22,25)/t15-/m0/s1. The third-order valence-electron chi connectivity index (χ3n) is 4.51. The average molecular weight is 373 g/mol. The topological polar surface area (TPSA) is 58.6 Å². The molecule has 0 aromatic heterocycles. The lowest BCUT2D eigenvalue weighted by Crippen LogP contribution is -2.34. The predicted molar refractivity (Wildman–Crippen MR) is 102 cm³/mol. The third kappa shape index (κ3) is 4.35. The van der Waals surface area contributed by atoms with E-state index in [4.69, 9.17) is 16.3 Å². The number of carbonyl (C=O) groups excluding carboxylic acids is 2. The zero-order valence-electron chi connectivity index (χ0n) is 14.6. The lowest BCUT2D eigenvalue weighted by atomic mass is 10.1. The lowest BCUT2D eigenvalue weighted by Gasteiger charge is -2.17. The molecular weight excluding hydrogens is 352 g/mol. The fourth-order valence-electron chi connectivity index (χ4n) is 3.02. The van der Waals surface area contributed by atoms with Crippen molar-refractivity contribution in [2.75, 3.05) is 25.1 Å². The Morgan fingerprint density at radius 2 is 1.88 bits per heavy atom. The van der Waals surface area contributed by atoms with Gasteiger partial charge in [-0.2, -0.15) is 0 Å². The number of nitrogens with one attached hydrogen (secondary N) is 1. The highest BCUT2D eigenvalue weighted by molar-refractivity contribution is 6.30. The summed E-state index contributed by atoms with van der Waals surface area (Å²) in [7, 11) is 1.60. The average Bonchev–Trinajstić information content (AvgIpc) is 3.05. The Hall–Kier alpha value is -2.53. The van der Waals surface area contributed by atoms with E-state index >= 15 is 0 Å². The number of hydrogen-bond donors (Lipinski definition) is 1. The molecule has 0 bridgehead atoms. The molecule has 0 unspecified atom stereocenters. The van der Waals surface area contributed by atoms with E-state index < -0.39 is 0 Å². The van der Waals surface area contributed by atoms with Crippen LogP contribution in [0.1, 0.15) is 12.0 Å². The van der Waals surface area contributed by atoms with E-state index in [0.29, 0.717) is 18.1 Å². The van der Waals surface area contributed by atoms with Crippen molar-refractivity contribution in [2.45, 2.75) is 12.8 Å². The van der Waals surface area contributed by atoms with Gasteiger partial charge in [0, 0.05) is 30.2 Å². The number of halogens is 1. The Labute approximate surface area is 157 Å². The second-order valence-corrected chi connectivity index (χ2v) is 6.71. The van der Waals surface area contributed by atoms with Crippen molar-refractivity contribution in [3.8, 4) is 5.75 Å². The van der Waals surface area contributed by atoms with Crippen LogP contribution in [0.2, 0.25) is 5.02 Å². The van der Waals surface area contributed by atoms with Crippen LogP contribution < -0.4 is 15.0 Å². The molecule has 2 aromatic carbocycles. The van der Waals surface area contributed by atoms with Crippen molar-refractivity contribution in [1.82, 2.24) is 5.32 Å². The van der Waals surface area contributed by atoms with Crippen molar-refractivity contribution in [2.24, 2.45) is 5.92 Å². The van der Waals surface area contributed by atoms with Crippen LogP contribution in [-0.2, 0) is 16.0 Å². The Morgan fingerprint density at radius 1 is 1.19 bits per heavy atom. The van der Waals surface area contributed by atoms with Gasteiger partial charge < -0.3 is 15.0 Å². The van der Waals surface area contributed by atoms with Crippen LogP contribution in [0.25, 0.3) is 0 Å². The molecule has 6 heteroatoms.